The molecule has 4 heterocycles. The SMILES string of the molecule is CC(C)(C)OC(=O)N1CC2CC1C(n1nc(-c3ccc(C(=O)Nc4ccccn4)cc3F)c3c(N)ncnc31)C2. The maximum atomic E-state index is 15.6. The highest BCUT2D eigenvalue weighted by molar-refractivity contribution is 6.04. The molecule has 3 N–H and O–H groups in total. The van der Waals surface area contributed by atoms with E-state index in [0.29, 0.717) is 23.4 Å². The number of fused-ring (bicyclic) bond motifs is 3. The number of nitrogens with two attached hydrogens (primary N) is 1. The Morgan fingerprint density at radius 1 is 1.10 bits per heavy atom. The van der Waals surface area contributed by atoms with Crippen molar-refractivity contribution in [3.05, 3.63) is 60.3 Å². The van der Waals surface area contributed by atoms with Gasteiger partial charge in [-0.05, 0) is 69.9 Å². The molecule has 206 valence electrons. The predicted octanol–water partition coefficient (Wildman–Crippen LogP) is 4.43. The highest BCUT2D eigenvalue weighted by Crippen LogP contribution is 2.46. The number of ether oxygens (including phenoxy) is 1. The second-order valence-electron chi connectivity index (χ2n) is 11.2. The largest absolute Gasteiger partial charge is 0.444 e. The Hall–Kier alpha value is -4.61. The molecule has 2 aliphatic rings. The maximum absolute atomic E-state index is 15.6. The number of halogens is 1. The first-order chi connectivity index (χ1) is 19.1. The van der Waals surface area contributed by atoms with Gasteiger partial charge in [0, 0.05) is 23.9 Å². The van der Waals surface area contributed by atoms with Crippen LogP contribution in [0.1, 0.15) is 50.0 Å². The monoisotopic (exact) mass is 544 g/mol. The van der Waals surface area contributed by atoms with E-state index in [1.165, 1.54) is 18.5 Å². The minimum atomic E-state index is -0.646. The van der Waals surface area contributed by atoms with Crippen LogP contribution in [0.25, 0.3) is 22.3 Å². The van der Waals surface area contributed by atoms with Crippen molar-refractivity contribution in [1.29, 1.82) is 0 Å². The third kappa shape index (κ3) is 4.59. The Bertz CT molecular complexity index is 1620. The number of aromatic nitrogens is 5. The zero-order valence-electron chi connectivity index (χ0n) is 22.3. The number of anilines is 2. The summed E-state index contributed by atoms with van der Waals surface area (Å²) in [6.45, 7) is 6.14. The Morgan fingerprint density at radius 3 is 2.60 bits per heavy atom. The topological polar surface area (TPSA) is 141 Å². The summed E-state index contributed by atoms with van der Waals surface area (Å²) in [7, 11) is 0. The van der Waals surface area contributed by atoms with Gasteiger partial charge in [-0.3, -0.25) is 4.79 Å². The molecule has 0 spiro atoms. The Kier molecular flexibility index (Phi) is 6.12. The van der Waals surface area contributed by atoms with E-state index in [4.69, 9.17) is 15.6 Å². The molecular weight excluding hydrogens is 515 g/mol. The molecule has 3 unspecified atom stereocenters. The summed E-state index contributed by atoms with van der Waals surface area (Å²) in [5, 5.41) is 7.86. The number of hydrogen-bond acceptors (Lipinski definition) is 8. The van der Waals surface area contributed by atoms with Gasteiger partial charge in [0.05, 0.1) is 17.5 Å². The van der Waals surface area contributed by atoms with Gasteiger partial charge in [-0.1, -0.05) is 6.07 Å². The molecule has 1 aliphatic heterocycles. The highest BCUT2D eigenvalue weighted by Gasteiger charge is 2.50. The number of amides is 2. The second kappa shape index (κ2) is 9.54. The molecule has 1 saturated carbocycles. The van der Waals surface area contributed by atoms with Gasteiger partial charge in [-0.15, -0.1) is 0 Å². The summed E-state index contributed by atoms with van der Waals surface area (Å²) in [6, 6.07) is 8.94. The molecule has 2 bridgehead atoms. The van der Waals surface area contributed by atoms with Crippen LogP contribution in [0.3, 0.4) is 0 Å². The van der Waals surface area contributed by atoms with Crippen LogP contribution >= 0.6 is 0 Å². The van der Waals surface area contributed by atoms with E-state index in [9.17, 15) is 9.59 Å². The second-order valence-corrected chi connectivity index (χ2v) is 11.2. The average molecular weight is 545 g/mol. The zero-order chi connectivity index (χ0) is 28.2. The van der Waals surface area contributed by atoms with E-state index >= 15 is 4.39 Å². The number of carbonyl (C=O) groups excluding carboxylic acids is 2. The van der Waals surface area contributed by atoms with E-state index in [-0.39, 0.29) is 46.7 Å². The summed E-state index contributed by atoms with van der Waals surface area (Å²) in [6.07, 6.45) is 4.14. The zero-order valence-corrected chi connectivity index (χ0v) is 22.3. The molecule has 4 aromatic rings. The maximum Gasteiger partial charge on any atom is 0.410 e. The number of piperidine rings is 1. The quantitative estimate of drug-likeness (QED) is 0.384. The number of rotatable bonds is 4. The Balaban J connectivity index is 1.35. The number of pyridine rings is 1. The molecule has 1 aliphatic carbocycles. The fourth-order valence-corrected chi connectivity index (χ4v) is 5.67. The Labute approximate surface area is 229 Å². The lowest BCUT2D eigenvalue weighted by atomic mass is 10.1. The number of hydrogen-bond donors (Lipinski definition) is 2. The molecule has 1 saturated heterocycles. The lowest BCUT2D eigenvalue weighted by molar-refractivity contribution is 0.0135. The van der Waals surface area contributed by atoms with Crippen LogP contribution in [-0.4, -0.2) is 59.8 Å². The number of nitrogens with one attached hydrogen (secondary N) is 1. The minimum Gasteiger partial charge on any atom is -0.444 e. The lowest BCUT2D eigenvalue weighted by Crippen LogP contribution is -2.45. The van der Waals surface area contributed by atoms with E-state index < -0.39 is 17.3 Å². The van der Waals surface area contributed by atoms with Crippen LogP contribution in [0.15, 0.2) is 48.9 Å². The van der Waals surface area contributed by atoms with Crippen LogP contribution in [0, 0.1) is 11.7 Å². The molecule has 12 heteroatoms. The van der Waals surface area contributed by atoms with Gasteiger partial charge < -0.3 is 20.7 Å². The van der Waals surface area contributed by atoms with Crippen molar-refractivity contribution in [3.63, 3.8) is 0 Å². The molecule has 6 rings (SSSR count). The smallest absolute Gasteiger partial charge is 0.410 e. The molecule has 11 nitrogen and oxygen atoms in total. The summed E-state index contributed by atoms with van der Waals surface area (Å²) < 4.78 is 23.0. The van der Waals surface area contributed by atoms with Gasteiger partial charge in [0.2, 0.25) is 0 Å². The number of carbonyl (C=O) groups is 2. The van der Waals surface area contributed by atoms with Crippen molar-refractivity contribution < 1.29 is 18.7 Å². The molecule has 2 fully saturated rings. The molecular formula is C28H29FN8O3. The molecule has 0 radical (unpaired) electrons. The van der Waals surface area contributed by atoms with Crippen LogP contribution in [0.4, 0.5) is 20.8 Å². The van der Waals surface area contributed by atoms with E-state index in [1.807, 2.05) is 20.8 Å². The van der Waals surface area contributed by atoms with Gasteiger partial charge in [0.25, 0.3) is 5.91 Å². The highest BCUT2D eigenvalue weighted by atomic mass is 19.1. The average Bonchev–Trinajstić information content (AvgIpc) is 3.62. The van der Waals surface area contributed by atoms with Crippen molar-refractivity contribution in [2.24, 2.45) is 5.92 Å². The number of likely N-dealkylation sites (tertiary alicyclic amines) is 1. The lowest BCUT2D eigenvalue weighted by Gasteiger charge is -2.34. The summed E-state index contributed by atoms with van der Waals surface area (Å²) >= 11 is 0. The molecule has 2 amide bonds. The first-order valence-corrected chi connectivity index (χ1v) is 13.1. The number of benzene rings is 1. The molecule has 3 atom stereocenters. The molecule has 1 aromatic carbocycles. The van der Waals surface area contributed by atoms with Gasteiger partial charge >= 0.3 is 6.09 Å². The fraction of sp³-hybridized carbons (Fsp3) is 0.357. The minimum absolute atomic E-state index is 0.126. The molecule has 40 heavy (non-hydrogen) atoms. The van der Waals surface area contributed by atoms with Crippen LogP contribution in [-0.2, 0) is 4.74 Å². The van der Waals surface area contributed by atoms with Gasteiger partial charge in [-0.25, -0.2) is 28.8 Å². The third-order valence-electron chi connectivity index (χ3n) is 7.30. The molecule has 3 aromatic heterocycles. The van der Waals surface area contributed by atoms with Crippen molar-refractivity contribution in [1.82, 2.24) is 29.6 Å². The van der Waals surface area contributed by atoms with Crippen molar-refractivity contribution in [2.75, 3.05) is 17.6 Å². The fourth-order valence-electron chi connectivity index (χ4n) is 5.67. The number of nitrogens with zero attached hydrogens (tertiary/aromatic N) is 6. The Morgan fingerprint density at radius 2 is 1.90 bits per heavy atom. The van der Waals surface area contributed by atoms with Crippen LogP contribution < -0.4 is 11.1 Å². The van der Waals surface area contributed by atoms with Crippen molar-refractivity contribution in [3.8, 4) is 11.3 Å². The van der Waals surface area contributed by atoms with Crippen LogP contribution in [0.5, 0.6) is 0 Å². The van der Waals surface area contributed by atoms with E-state index in [0.717, 1.165) is 18.9 Å². The van der Waals surface area contributed by atoms with Gasteiger partial charge in [0.1, 0.15) is 35.1 Å². The standard InChI is InChI=1S/C28H29FN8O3/c1-28(2,3)40-27(39)36-13-15-10-19(36)20(11-15)37-25-22(24(30)32-14-33-25)23(35-37)17-8-7-16(12-18(17)29)26(38)34-21-6-4-5-9-31-21/h4-9,12,14-15,19-20H,10-11,13H2,1-3H3,(H2,30,32,33)(H,31,34,38). The summed E-state index contributed by atoms with van der Waals surface area (Å²) in [4.78, 5) is 40.0. The normalized spacial score (nSPS) is 20.2. The summed E-state index contributed by atoms with van der Waals surface area (Å²) in [5.74, 6) is -0.329. The van der Waals surface area contributed by atoms with Crippen molar-refractivity contribution >= 4 is 34.7 Å². The van der Waals surface area contributed by atoms with E-state index in [2.05, 4.69) is 20.3 Å². The van der Waals surface area contributed by atoms with Crippen molar-refractivity contribution in [2.45, 2.75) is 51.3 Å². The van der Waals surface area contributed by atoms with Crippen LogP contribution in [0.2, 0.25) is 0 Å². The predicted molar refractivity (Wildman–Crippen MR) is 146 cm³/mol. The first-order valence-electron chi connectivity index (χ1n) is 13.1. The van der Waals surface area contributed by atoms with Gasteiger partial charge in [-0.2, -0.15) is 5.10 Å². The summed E-state index contributed by atoms with van der Waals surface area (Å²) in [5.41, 5.74) is 6.66. The third-order valence-corrected chi connectivity index (χ3v) is 7.30. The van der Waals surface area contributed by atoms with Gasteiger partial charge in [0.15, 0.2) is 5.65 Å². The first kappa shape index (κ1) is 25.7. The number of nitrogen functional groups attached to an aromatic ring is 1. The van der Waals surface area contributed by atoms with E-state index in [1.54, 1.807) is 34.0 Å².